The number of benzene rings is 1. The molecule has 0 aliphatic carbocycles. The minimum Gasteiger partial charge on any atom is -0.368 e. The van der Waals surface area contributed by atoms with E-state index in [9.17, 15) is 4.39 Å². The molecule has 1 aliphatic heterocycles. The zero-order chi connectivity index (χ0) is 13.9. The molecule has 0 atom stereocenters. The van der Waals surface area contributed by atoms with Gasteiger partial charge in [-0.05, 0) is 36.7 Å². The first kappa shape index (κ1) is 13.1. The van der Waals surface area contributed by atoms with Crippen LogP contribution >= 0.6 is 11.8 Å². The summed E-state index contributed by atoms with van der Waals surface area (Å²) >= 11 is 1.16. The van der Waals surface area contributed by atoms with Gasteiger partial charge in [0, 0.05) is 13.1 Å². The van der Waals surface area contributed by atoms with E-state index in [1.807, 2.05) is 0 Å². The average molecular weight is 291 g/mol. The van der Waals surface area contributed by atoms with Crippen molar-refractivity contribution < 1.29 is 4.39 Å². The van der Waals surface area contributed by atoms with E-state index in [-0.39, 0.29) is 11.8 Å². The summed E-state index contributed by atoms with van der Waals surface area (Å²) < 4.78 is 13.6. The van der Waals surface area contributed by atoms with Crippen LogP contribution in [0.25, 0.3) is 0 Å². The monoisotopic (exact) mass is 291 g/mol. The molecule has 2 heterocycles. The number of nitrogens with two attached hydrogens (primary N) is 1. The van der Waals surface area contributed by atoms with Crippen molar-refractivity contribution in [3.8, 4) is 0 Å². The van der Waals surface area contributed by atoms with Crippen LogP contribution in [-0.2, 0) is 0 Å². The lowest BCUT2D eigenvalue weighted by atomic mass is 10.4. The van der Waals surface area contributed by atoms with Gasteiger partial charge in [0.05, 0.1) is 4.90 Å². The summed E-state index contributed by atoms with van der Waals surface area (Å²) in [5.41, 5.74) is 5.72. The molecule has 3 rings (SSSR count). The number of halogens is 1. The van der Waals surface area contributed by atoms with Crippen LogP contribution in [0.4, 0.5) is 16.3 Å². The SMILES string of the molecule is Nc1nc(Sc2ccccc2F)nc(N2CCCC2)n1. The zero-order valence-corrected chi connectivity index (χ0v) is 11.6. The molecule has 1 aromatic heterocycles. The van der Waals surface area contributed by atoms with Crippen molar-refractivity contribution in [1.29, 1.82) is 0 Å². The van der Waals surface area contributed by atoms with Crippen LogP contribution in [-0.4, -0.2) is 28.0 Å². The molecule has 1 aliphatic rings. The molecule has 0 spiro atoms. The molecule has 20 heavy (non-hydrogen) atoms. The van der Waals surface area contributed by atoms with Crippen molar-refractivity contribution in [2.24, 2.45) is 0 Å². The quantitative estimate of drug-likeness (QED) is 0.936. The molecule has 2 aromatic rings. The van der Waals surface area contributed by atoms with E-state index < -0.39 is 0 Å². The third-order valence-electron chi connectivity index (χ3n) is 3.05. The van der Waals surface area contributed by atoms with Gasteiger partial charge in [-0.2, -0.15) is 15.0 Å². The summed E-state index contributed by atoms with van der Waals surface area (Å²) in [6, 6.07) is 6.53. The van der Waals surface area contributed by atoms with E-state index in [1.165, 1.54) is 6.07 Å². The fourth-order valence-electron chi connectivity index (χ4n) is 2.09. The molecule has 0 bridgehead atoms. The van der Waals surface area contributed by atoms with E-state index >= 15 is 0 Å². The molecule has 0 radical (unpaired) electrons. The minimum absolute atomic E-state index is 0.167. The number of rotatable bonds is 3. The molecule has 5 nitrogen and oxygen atoms in total. The Morgan fingerprint density at radius 3 is 2.60 bits per heavy atom. The molecule has 2 N–H and O–H groups in total. The highest BCUT2D eigenvalue weighted by atomic mass is 32.2. The van der Waals surface area contributed by atoms with Crippen LogP contribution < -0.4 is 10.6 Å². The Hall–Kier alpha value is -1.89. The molecular weight excluding hydrogens is 277 g/mol. The lowest BCUT2D eigenvalue weighted by molar-refractivity contribution is 0.601. The second kappa shape index (κ2) is 5.62. The standard InChI is InChI=1S/C13H14FN5S/c14-9-5-1-2-6-10(9)20-13-17-11(15)16-12(18-13)19-7-3-4-8-19/h1-2,5-6H,3-4,7-8H2,(H2,15,16,17,18). The fraction of sp³-hybridized carbons (Fsp3) is 0.308. The topological polar surface area (TPSA) is 67.9 Å². The first-order chi connectivity index (χ1) is 9.72. The number of hydrogen-bond donors (Lipinski definition) is 1. The van der Waals surface area contributed by atoms with Crippen LogP contribution in [0.5, 0.6) is 0 Å². The average Bonchev–Trinajstić information content (AvgIpc) is 2.95. The Bertz CT molecular complexity index is 615. The Morgan fingerprint density at radius 1 is 1.10 bits per heavy atom. The molecule has 0 unspecified atom stereocenters. The predicted molar refractivity (Wildman–Crippen MR) is 76.2 cm³/mol. The third-order valence-corrected chi connectivity index (χ3v) is 3.96. The third kappa shape index (κ3) is 2.82. The van der Waals surface area contributed by atoms with Crippen LogP contribution in [0.3, 0.4) is 0 Å². The van der Waals surface area contributed by atoms with Gasteiger partial charge in [0.1, 0.15) is 5.82 Å². The number of nitrogens with zero attached hydrogens (tertiary/aromatic N) is 4. The highest BCUT2D eigenvalue weighted by Crippen LogP contribution is 2.28. The lowest BCUT2D eigenvalue weighted by Gasteiger charge is -2.15. The first-order valence-corrected chi connectivity index (χ1v) is 7.23. The maximum Gasteiger partial charge on any atom is 0.231 e. The van der Waals surface area contributed by atoms with E-state index in [0.29, 0.717) is 16.0 Å². The smallest absolute Gasteiger partial charge is 0.231 e. The molecular formula is C13H14FN5S. The zero-order valence-electron chi connectivity index (χ0n) is 10.8. The first-order valence-electron chi connectivity index (χ1n) is 6.41. The van der Waals surface area contributed by atoms with Gasteiger partial charge in [-0.15, -0.1) is 0 Å². The molecule has 1 fully saturated rings. The minimum atomic E-state index is -0.292. The molecule has 7 heteroatoms. The Morgan fingerprint density at radius 2 is 1.85 bits per heavy atom. The summed E-state index contributed by atoms with van der Waals surface area (Å²) in [5, 5.41) is 0.421. The second-order valence-electron chi connectivity index (χ2n) is 4.50. The van der Waals surface area contributed by atoms with Gasteiger partial charge >= 0.3 is 0 Å². The normalized spacial score (nSPS) is 14.8. The van der Waals surface area contributed by atoms with Gasteiger partial charge in [0.15, 0.2) is 5.16 Å². The Kier molecular flexibility index (Phi) is 3.68. The predicted octanol–water partition coefficient (Wildman–Crippen LogP) is 2.34. The van der Waals surface area contributed by atoms with Crippen LogP contribution in [0.15, 0.2) is 34.3 Å². The van der Waals surface area contributed by atoms with E-state index in [0.717, 1.165) is 37.7 Å². The van der Waals surface area contributed by atoms with E-state index in [4.69, 9.17) is 5.73 Å². The molecule has 104 valence electrons. The molecule has 1 aromatic carbocycles. The summed E-state index contributed by atoms with van der Waals surface area (Å²) in [6.45, 7) is 1.85. The van der Waals surface area contributed by atoms with Gasteiger partial charge < -0.3 is 10.6 Å². The van der Waals surface area contributed by atoms with Gasteiger partial charge in [-0.1, -0.05) is 12.1 Å². The molecule has 0 amide bonds. The summed E-state index contributed by atoms with van der Waals surface area (Å²) in [6.07, 6.45) is 2.25. The van der Waals surface area contributed by atoms with Gasteiger partial charge in [-0.3, -0.25) is 0 Å². The molecule has 1 saturated heterocycles. The van der Waals surface area contributed by atoms with Crippen molar-refractivity contribution >= 4 is 23.7 Å². The largest absolute Gasteiger partial charge is 0.368 e. The maximum absolute atomic E-state index is 13.6. The van der Waals surface area contributed by atoms with E-state index in [1.54, 1.807) is 18.2 Å². The van der Waals surface area contributed by atoms with Crippen molar-refractivity contribution in [3.05, 3.63) is 30.1 Å². The van der Waals surface area contributed by atoms with Crippen molar-refractivity contribution in [3.63, 3.8) is 0 Å². The van der Waals surface area contributed by atoms with E-state index in [2.05, 4.69) is 19.9 Å². The van der Waals surface area contributed by atoms with Gasteiger partial charge in [0.2, 0.25) is 11.9 Å². The summed E-state index contributed by atoms with van der Waals surface area (Å²) in [5.74, 6) is 0.453. The van der Waals surface area contributed by atoms with Crippen molar-refractivity contribution in [2.45, 2.75) is 22.9 Å². The number of aromatic nitrogens is 3. The lowest BCUT2D eigenvalue weighted by Crippen LogP contribution is -2.21. The second-order valence-corrected chi connectivity index (χ2v) is 5.51. The van der Waals surface area contributed by atoms with Crippen LogP contribution in [0.2, 0.25) is 0 Å². The van der Waals surface area contributed by atoms with Crippen molar-refractivity contribution in [2.75, 3.05) is 23.7 Å². The maximum atomic E-state index is 13.6. The van der Waals surface area contributed by atoms with Crippen LogP contribution in [0, 0.1) is 5.82 Å². The highest BCUT2D eigenvalue weighted by molar-refractivity contribution is 7.99. The number of anilines is 2. The summed E-state index contributed by atoms with van der Waals surface area (Å²) in [4.78, 5) is 15.1. The van der Waals surface area contributed by atoms with Gasteiger partial charge in [-0.25, -0.2) is 4.39 Å². The summed E-state index contributed by atoms with van der Waals surface area (Å²) in [7, 11) is 0. The Balaban J connectivity index is 1.88. The number of hydrogen-bond acceptors (Lipinski definition) is 6. The molecule has 0 saturated carbocycles. The highest BCUT2D eigenvalue weighted by Gasteiger charge is 2.17. The van der Waals surface area contributed by atoms with Crippen molar-refractivity contribution in [1.82, 2.24) is 15.0 Å². The van der Waals surface area contributed by atoms with Crippen LogP contribution in [0.1, 0.15) is 12.8 Å². The number of nitrogen functional groups attached to an aromatic ring is 1. The Labute approximate surface area is 120 Å². The van der Waals surface area contributed by atoms with Gasteiger partial charge in [0.25, 0.3) is 0 Å². The fourth-order valence-corrected chi connectivity index (χ4v) is 2.87.